The molecule has 2 unspecified atom stereocenters. The third-order valence-electron chi connectivity index (χ3n) is 5.32. The van der Waals surface area contributed by atoms with Gasteiger partial charge >= 0.3 is 0 Å². The van der Waals surface area contributed by atoms with Crippen molar-refractivity contribution < 1.29 is 18.0 Å². The molecule has 0 saturated carbocycles. The van der Waals surface area contributed by atoms with Crippen LogP contribution in [0.1, 0.15) is 36.3 Å². The van der Waals surface area contributed by atoms with E-state index in [4.69, 9.17) is 0 Å². The molecule has 1 aromatic heterocycles. The summed E-state index contributed by atoms with van der Waals surface area (Å²) in [5.41, 5.74) is 1.87. The van der Waals surface area contributed by atoms with Gasteiger partial charge in [-0.2, -0.15) is 5.10 Å². The van der Waals surface area contributed by atoms with Gasteiger partial charge in [-0.15, -0.1) is 0 Å². The normalized spacial score (nSPS) is 17.9. The molecule has 1 saturated heterocycles. The van der Waals surface area contributed by atoms with E-state index in [2.05, 4.69) is 20.2 Å². The van der Waals surface area contributed by atoms with Gasteiger partial charge in [0.15, 0.2) is 0 Å². The molecule has 0 bridgehead atoms. The highest BCUT2D eigenvalue weighted by molar-refractivity contribution is 7.89. The van der Waals surface area contributed by atoms with Crippen LogP contribution in [-0.2, 0) is 19.6 Å². The average Bonchev–Trinajstić information content (AvgIpc) is 3.27. The van der Waals surface area contributed by atoms with Crippen molar-refractivity contribution in [2.75, 3.05) is 19.6 Å². The van der Waals surface area contributed by atoms with Crippen LogP contribution in [-0.4, -0.2) is 55.0 Å². The van der Waals surface area contributed by atoms with E-state index in [9.17, 15) is 18.0 Å². The van der Waals surface area contributed by atoms with Gasteiger partial charge in [-0.25, -0.2) is 13.1 Å². The average molecular weight is 434 g/mol. The number of carbonyl (C=O) groups is 2. The van der Waals surface area contributed by atoms with Crippen molar-refractivity contribution in [1.82, 2.24) is 25.1 Å². The van der Waals surface area contributed by atoms with E-state index in [1.54, 1.807) is 18.7 Å². The predicted octanol–water partition coefficient (Wildman–Crippen LogP) is 1.03. The lowest BCUT2D eigenvalue weighted by Crippen LogP contribution is -2.38. The number of nitrogens with zero attached hydrogens (tertiary/aromatic N) is 2. The fourth-order valence-electron chi connectivity index (χ4n) is 3.72. The Hall–Kier alpha value is -2.72. The van der Waals surface area contributed by atoms with E-state index in [1.807, 2.05) is 37.3 Å². The van der Waals surface area contributed by atoms with Crippen molar-refractivity contribution >= 4 is 21.8 Å². The number of aromatic amines is 1. The summed E-state index contributed by atoms with van der Waals surface area (Å²) in [4.78, 5) is 26.7. The second kappa shape index (κ2) is 8.97. The molecule has 3 N–H and O–H groups in total. The SMILES string of the molecule is Cc1n[nH]c(C)c1S(=O)(=O)NCCNC(=O)C1CC(=O)N(C(C)c2ccccc2)C1. The van der Waals surface area contributed by atoms with E-state index in [1.165, 1.54) is 0 Å². The minimum atomic E-state index is -3.71. The summed E-state index contributed by atoms with van der Waals surface area (Å²) in [6.45, 7) is 5.71. The number of rotatable bonds is 8. The number of nitrogens with one attached hydrogen (secondary N) is 3. The Bertz CT molecular complexity index is 1000. The molecular weight excluding hydrogens is 406 g/mol. The standard InChI is InChI=1S/C20H27N5O4S/c1-13-19(14(2)24-23-13)30(28,29)22-10-9-21-20(27)17-11-18(26)25(12-17)15(3)16-7-5-4-6-8-16/h4-8,15,17,22H,9-12H2,1-3H3,(H,21,27)(H,23,24). The second-order valence-corrected chi connectivity index (χ2v) is 9.19. The van der Waals surface area contributed by atoms with Crippen molar-refractivity contribution in [2.24, 2.45) is 5.92 Å². The van der Waals surface area contributed by atoms with E-state index < -0.39 is 15.9 Å². The number of hydrogen-bond acceptors (Lipinski definition) is 5. The van der Waals surface area contributed by atoms with Crippen LogP contribution < -0.4 is 10.0 Å². The number of carbonyl (C=O) groups excluding carboxylic acids is 2. The summed E-state index contributed by atoms with van der Waals surface area (Å²) in [6.07, 6.45) is 0.155. The van der Waals surface area contributed by atoms with Gasteiger partial charge in [0, 0.05) is 26.1 Å². The van der Waals surface area contributed by atoms with Crippen LogP contribution in [0.25, 0.3) is 0 Å². The van der Waals surface area contributed by atoms with Crippen LogP contribution in [0.5, 0.6) is 0 Å². The first-order chi connectivity index (χ1) is 14.2. The maximum atomic E-state index is 12.5. The number of likely N-dealkylation sites (tertiary alicyclic amines) is 1. The maximum absolute atomic E-state index is 12.5. The number of benzene rings is 1. The Balaban J connectivity index is 1.49. The molecule has 2 heterocycles. The fraction of sp³-hybridized carbons (Fsp3) is 0.450. The van der Waals surface area contributed by atoms with Gasteiger partial charge in [-0.05, 0) is 26.3 Å². The molecule has 3 rings (SSSR count). The second-order valence-electron chi connectivity index (χ2n) is 7.49. The number of aromatic nitrogens is 2. The maximum Gasteiger partial charge on any atom is 0.244 e. The molecule has 0 aliphatic carbocycles. The number of H-pyrrole nitrogens is 1. The van der Waals surface area contributed by atoms with Gasteiger partial charge in [-0.1, -0.05) is 30.3 Å². The number of hydrogen-bond donors (Lipinski definition) is 3. The molecule has 0 radical (unpaired) electrons. The minimum absolute atomic E-state index is 0.0446. The van der Waals surface area contributed by atoms with Gasteiger partial charge in [0.25, 0.3) is 0 Å². The first-order valence-electron chi connectivity index (χ1n) is 9.84. The Morgan fingerprint density at radius 1 is 1.27 bits per heavy atom. The van der Waals surface area contributed by atoms with Gasteiger partial charge < -0.3 is 10.2 Å². The summed E-state index contributed by atoms with van der Waals surface area (Å²) < 4.78 is 27.3. The third-order valence-corrected chi connectivity index (χ3v) is 7.05. The lowest BCUT2D eigenvalue weighted by molar-refractivity contribution is -0.130. The lowest BCUT2D eigenvalue weighted by Gasteiger charge is -2.25. The van der Waals surface area contributed by atoms with E-state index in [0.717, 1.165) is 5.56 Å². The van der Waals surface area contributed by atoms with Crippen molar-refractivity contribution in [3.63, 3.8) is 0 Å². The monoisotopic (exact) mass is 433 g/mol. The van der Waals surface area contributed by atoms with E-state index in [-0.39, 0.29) is 42.3 Å². The van der Waals surface area contributed by atoms with E-state index in [0.29, 0.717) is 17.9 Å². The molecule has 0 spiro atoms. The highest BCUT2D eigenvalue weighted by Gasteiger charge is 2.36. The van der Waals surface area contributed by atoms with Gasteiger partial charge in [0.2, 0.25) is 21.8 Å². The molecule has 2 amide bonds. The highest BCUT2D eigenvalue weighted by atomic mass is 32.2. The number of amides is 2. The summed E-state index contributed by atoms with van der Waals surface area (Å²) in [7, 11) is -3.71. The number of sulfonamides is 1. The zero-order chi connectivity index (χ0) is 21.9. The van der Waals surface area contributed by atoms with Crippen LogP contribution in [0.3, 0.4) is 0 Å². The van der Waals surface area contributed by atoms with Gasteiger partial charge in [-0.3, -0.25) is 14.7 Å². The Kier molecular flexibility index (Phi) is 6.57. The molecule has 30 heavy (non-hydrogen) atoms. The predicted molar refractivity (Wildman–Crippen MR) is 111 cm³/mol. The molecule has 1 aliphatic rings. The summed E-state index contributed by atoms with van der Waals surface area (Å²) in [5, 5.41) is 9.26. The largest absolute Gasteiger partial charge is 0.354 e. The first kappa shape index (κ1) is 22.0. The van der Waals surface area contributed by atoms with Crippen LogP contribution in [0.2, 0.25) is 0 Å². The lowest BCUT2D eigenvalue weighted by atomic mass is 10.1. The van der Waals surface area contributed by atoms with Crippen molar-refractivity contribution in [2.45, 2.75) is 38.1 Å². The smallest absolute Gasteiger partial charge is 0.244 e. The molecule has 10 heteroatoms. The summed E-state index contributed by atoms with van der Waals surface area (Å²) in [6, 6.07) is 9.57. The summed E-state index contributed by atoms with van der Waals surface area (Å²) in [5.74, 6) is -0.752. The van der Waals surface area contributed by atoms with Crippen LogP contribution in [0.4, 0.5) is 0 Å². The zero-order valence-electron chi connectivity index (χ0n) is 17.3. The Morgan fingerprint density at radius 3 is 2.60 bits per heavy atom. The molecule has 1 aromatic carbocycles. The van der Waals surface area contributed by atoms with Crippen molar-refractivity contribution in [3.05, 3.63) is 47.3 Å². The molecule has 1 aliphatic heterocycles. The highest BCUT2D eigenvalue weighted by Crippen LogP contribution is 2.28. The molecule has 162 valence electrons. The van der Waals surface area contributed by atoms with Crippen LogP contribution in [0.15, 0.2) is 35.2 Å². The first-order valence-corrected chi connectivity index (χ1v) is 11.3. The van der Waals surface area contributed by atoms with Crippen molar-refractivity contribution in [1.29, 1.82) is 0 Å². The minimum Gasteiger partial charge on any atom is -0.354 e. The third kappa shape index (κ3) is 4.71. The van der Waals surface area contributed by atoms with E-state index >= 15 is 0 Å². The van der Waals surface area contributed by atoms with Crippen molar-refractivity contribution in [3.8, 4) is 0 Å². The Labute approximate surface area is 176 Å². The summed E-state index contributed by atoms with van der Waals surface area (Å²) >= 11 is 0. The fourth-order valence-corrected chi connectivity index (χ4v) is 5.12. The van der Waals surface area contributed by atoms with Gasteiger partial charge in [0.05, 0.1) is 23.3 Å². The topological polar surface area (TPSA) is 124 Å². The molecular formula is C20H27N5O4S. The quantitative estimate of drug-likeness (QED) is 0.537. The molecule has 9 nitrogen and oxygen atoms in total. The zero-order valence-corrected chi connectivity index (χ0v) is 18.1. The van der Waals surface area contributed by atoms with Gasteiger partial charge in [0.1, 0.15) is 4.90 Å². The molecule has 1 fully saturated rings. The Morgan fingerprint density at radius 2 is 1.97 bits per heavy atom. The van der Waals surface area contributed by atoms with Crippen LogP contribution >= 0.6 is 0 Å². The number of aryl methyl sites for hydroxylation is 2. The molecule has 2 atom stereocenters. The van der Waals surface area contributed by atoms with Crippen LogP contribution in [0, 0.1) is 19.8 Å². The molecule has 2 aromatic rings.